The monoisotopic (exact) mass is 224 g/mol. The molecular weight excluding hydrogens is 204 g/mol. The van der Waals surface area contributed by atoms with E-state index in [2.05, 4.69) is 36.4 Å². The van der Waals surface area contributed by atoms with Gasteiger partial charge in [-0.3, -0.25) is 4.90 Å². The third-order valence-electron chi connectivity index (χ3n) is 3.13. The molecule has 1 aliphatic rings. The Morgan fingerprint density at radius 3 is 2.87 bits per heavy atom. The van der Waals surface area contributed by atoms with E-state index in [9.17, 15) is 0 Å². The number of rotatable bonds is 5. The Morgan fingerprint density at radius 2 is 2.33 bits per heavy atom. The lowest BCUT2D eigenvalue weighted by atomic mass is 9.97. The molecule has 2 rings (SSSR count). The maximum Gasteiger partial charge on any atom is 0.0325 e. The summed E-state index contributed by atoms with van der Waals surface area (Å²) >= 11 is 1.82. The Morgan fingerprint density at radius 1 is 1.60 bits per heavy atom. The summed E-state index contributed by atoms with van der Waals surface area (Å²) in [6.45, 7) is 4.21. The Labute approximate surface area is 96.1 Å². The van der Waals surface area contributed by atoms with Crippen molar-refractivity contribution in [1.82, 2.24) is 4.90 Å². The predicted molar refractivity (Wildman–Crippen MR) is 66.0 cm³/mol. The first-order chi connectivity index (χ1) is 7.08. The quantitative estimate of drug-likeness (QED) is 0.831. The maximum absolute atomic E-state index is 6.31. The van der Waals surface area contributed by atoms with Crippen LogP contribution in [-0.2, 0) is 6.54 Å². The van der Waals surface area contributed by atoms with E-state index in [0.717, 1.165) is 19.0 Å². The van der Waals surface area contributed by atoms with Crippen molar-refractivity contribution in [2.45, 2.75) is 31.8 Å². The zero-order valence-electron chi connectivity index (χ0n) is 9.57. The highest BCUT2D eigenvalue weighted by Crippen LogP contribution is 2.38. The molecule has 2 nitrogen and oxygen atoms in total. The van der Waals surface area contributed by atoms with Crippen LogP contribution >= 0.6 is 11.3 Å². The molecular formula is C12H20N2S. The van der Waals surface area contributed by atoms with Crippen molar-refractivity contribution in [2.24, 2.45) is 11.7 Å². The number of nitrogens with two attached hydrogens (primary N) is 1. The van der Waals surface area contributed by atoms with Gasteiger partial charge < -0.3 is 5.73 Å². The van der Waals surface area contributed by atoms with Gasteiger partial charge in [0.05, 0.1) is 0 Å². The molecule has 1 saturated carbocycles. The molecule has 2 N–H and O–H groups in total. The minimum absolute atomic E-state index is 0.00596. The molecule has 1 aromatic rings. The number of hydrogen-bond donors (Lipinski definition) is 1. The molecule has 1 aromatic heterocycles. The van der Waals surface area contributed by atoms with Crippen LogP contribution in [0.15, 0.2) is 17.5 Å². The largest absolute Gasteiger partial charge is 0.324 e. The van der Waals surface area contributed by atoms with Crippen LogP contribution in [0.1, 0.15) is 24.6 Å². The highest BCUT2D eigenvalue weighted by atomic mass is 32.1. The highest BCUT2D eigenvalue weighted by Gasteiger charge is 2.38. The zero-order valence-corrected chi connectivity index (χ0v) is 10.4. The Bertz CT molecular complexity index is 301. The highest BCUT2D eigenvalue weighted by molar-refractivity contribution is 7.09. The molecule has 0 aromatic carbocycles. The summed E-state index contributed by atoms with van der Waals surface area (Å²) in [6, 6.07) is 4.29. The minimum Gasteiger partial charge on any atom is -0.324 e. The molecule has 0 bridgehead atoms. The van der Waals surface area contributed by atoms with E-state index in [4.69, 9.17) is 5.73 Å². The van der Waals surface area contributed by atoms with Gasteiger partial charge in [0, 0.05) is 23.5 Å². The molecule has 0 saturated heterocycles. The molecule has 0 spiro atoms. The lowest BCUT2D eigenvalue weighted by Crippen LogP contribution is -2.48. The molecule has 3 heteroatoms. The number of hydrogen-bond acceptors (Lipinski definition) is 3. The van der Waals surface area contributed by atoms with Crippen LogP contribution in [0.4, 0.5) is 0 Å². The molecule has 1 fully saturated rings. The van der Waals surface area contributed by atoms with Gasteiger partial charge in [0.2, 0.25) is 0 Å². The van der Waals surface area contributed by atoms with Gasteiger partial charge in [0.25, 0.3) is 0 Å². The lowest BCUT2D eigenvalue weighted by Gasteiger charge is -2.30. The van der Waals surface area contributed by atoms with Crippen molar-refractivity contribution in [1.29, 1.82) is 0 Å². The van der Waals surface area contributed by atoms with Gasteiger partial charge in [0.1, 0.15) is 0 Å². The van der Waals surface area contributed by atoms with E-state index < -0.39 is 0 Å². The van der Waals surface area contributed by atoms with Gasteiger partial charge in [-0.2, -0.15) is 0 Å². The van der Waals surface area contributed by atoms with E-state index in [1.54, 1.807) is 0 Å². The van der Waals surface area contributed by atoms with Gasteiger partial charge >= 0.3 is 0 Å². The van der Waals surface area contributed by atoms with Crippen molar-refractivity contribution >= 4 is 11.3 Å². The van der Waals surface area contributed by atoms with Crippen LogP contribution in [0.5, 0.6) is 0 Å². The van der Waals surface area contributed by atoms with Crippen LogP contribution < -0.4 is 5.73 Å². The van der Waals surface area contributed by atoms with Crippen molar-refractivity contribution in [3.63, 3.8) is 0 Å². The van der Waals surface area contributed by atoms with E-state index in [1.165, 1.54) is 17.7 Å². The third kappa shape index (κ3) is 3.03. The predicted octanol–water partition coefficient (Wildman–Crippen LogP) is 2.31. The van der Waals surface area contributed by atoms with Gasteiger partial charge in [-0.25, -0.2) is 0 Å². The van der Waals surface area contributed by atoms with Gasteiger partial charge in [-0.05, 0) is 44.2 Å². The standard InChI is InChI=1S/C12H20N2S/c1-12(13,10-5-6-10)9-14(2)8-11-4-3-7-15-11/h3-4,7,10H,5-6,8-9,13H2,1-2H3. The smallest absolute Gasteiger partial charge is 0.0325 e. The average Bonchev–Trinajstić information content (AvgIpc) is 2.88. The Kier molecular flexibility index (Phi) is 3.14. The molecule has 0 aliphatic heterocycles. The Hall–Kier alpha value is -0.380. The van der Waals surface area contributed by atoms with Crippen LogP contribution in [0.2, 0.25) is 0 Å². The second-order valence-corrected chi connectivity index (χ2v) is 6.06. The van der Waals surface area contributed by atoms with Crippen LogP contribution in [0.3, 0.4) is 0 Å². The van der Waals surface area contributed by atoms with Crippen molar-refractivity contribution in [3.8, 4) is 0 Å². The summed E-state index contributed by atoms with van der Waals surface area (Å²) in [6.07, 6.45) is 2.64. The van der Waals surface area contributed by atoms with Gasteiger partial charge in [0.15, 0.2) is 0 Å². The summed E-state index contributed by atoms with van der Waals surface area (Å²) in [4.78, 5) is 3.76. The molecule has 0 radical (unpaired) electrons. The van der Waals surface area contributed by atoms with Crippen molar-refractivity contribution in [2.75, 3.05) is 13.6 Å². The summed E-state index contributed by atoms with van der Waals surface area (Å²) in [5.74, 6) is 0.753. The normalized spacial score (nSPS) is 20.5. The molecule has 0 amide bonds. The molecule has 15 heavy (non-hydrogen) atoms. The molecule has 84 valence electrons. The van der Waals surface area contributed by atoms with Crippen LogP contribution in [0.25, 0.3) is 0 Å². The van der Waals surface area contributed by atoms with Gasteiger partial charge in [-0.1, -0.05) is 6.07 Å². The molecule has 1 atom stereocenters. The first kappa shape index (κ1) is 11.1. The van der Waals surface area contributed by atoms with Crippen LogP contribution in [-0.4, -0.2) is 24.0 Å². The summed E-state index contributed by atoms with van der Waals surface area (Å²) < 4.78 is 0. The first-order valence-corrected chi connectivity index (χ1v) is 6.46. The number of likely N-dealkylation sites (N-methyl/N-ethyl adjacent to an activating group) is 1. The topological polar surface area (TPSA) is 29.3 Å². The van der Waals surface area contributed by atoms with E-state index in [0.29, 0.717) is 0 Å². The third-order valence-corrected chi connectivity index (χ3v) is 3.99. The van der Waals surface area contributed by atoms with Crippen molar-refractivity contribution in [3.05, 3.63) is 22.4 Å². The molecule has 1 heterocycles. The SMILES string of the molecule is CN(Cc1cccs1)CC(C)(N)C1CC1. The summed E-state index contributed by atoms with van der Waals surface area (Å²) in [5, 5.41) is 2.13. The first-order valence-electron chi connectivity index (χ1n) is 5.58. The summed E-state index contributed by atoms with van der Waals surface area (Å²) in [7, 11) is 2.16. The summed E-state index contributed by atoms with van der Waals surface area (Å²) in [5.41, 5.74) is 6.32. The lowest BCUT2D eigenvalue weighted by molar-refractivity contribution is 0.233. The fourth-order valence-electron chi connectivity index (χ4n) is 2.18. The van der Waals surface area contributed by atoms with E-state index in [1.807, 2.05) is 11.3 Å². The van der Waals surface area contributed by atoms with Crippen LogP contribution in [0, 0.1) is 5.92 Å². The fraction of sp³-hybridized carbons (Fsp3) is 0.667. The van der Waals surface area contributed by atoms with Crippen molar-refractivity contribution < 1.29 is 0 Å². The second-order valence-electron chi connectivity index (χ2n) is 5.03. The molecule has 1 unspecified atom stereocenters. The molecule has 1 aliphatic carbocycles. The zero-order chi connectivity index (χ0) is 10.9. The van der Waals surface area contributed by atoms with E-state index in [-0.39, 0.29) is 5.54 Å². The van der Waals surface area contributed by atoms with E-state index >= 15 is 0 Å². The fourth-order valence-corrected chi connectivity index (χ4v) is 2.96. The Balaban J connectivity index is 1.83. The maximum atomic E-state index is 6.31. The average molecular weight is 224 g/mol. The minimum atomic E-state index is 0.00596. The second kappa shape index (κ2) is 4.24. The van der Waals surface area contributed by atoms with Gasteiger partial charge in [-0.15, -0.1) is 11.3 Å². The number of thiophene rings is 1. The number of nitrogens with zero attached hydrogens (tertiary/aromatic N) is 1.